The van der Waals surface area contributed by atoms with Gasteiger partial charge < -0.3 is 9.47 Å². The molecule has 1 heterocycles. The Bertz CT molecular complexity index is 925. The standard InChI is InChI=1S/C20H19BrN2O3S/c1-3-13-4-7-15(8-5-13)26-11-19(24)23-20-22-17(12-27-20)14-6-9-18(25-2)16(21)10-14/h4-10,12H,3,11H2,1-2H3,(H,22,23,24). The van der Waals surface area contributed by atoms with E-state index in [1.807, 2.05) is 47.8 Å². The van der Waals surface area contributed by atoms with Gasteiger partial charge in [0, 0.05) is 10.9 Å². The van der Waals surface area contributed by atoms with Crippen molar-refractivity contribution in [1.82, 2.24) is 4.98 Å². The molecule has 0 saturated carbocycles. The number of ether oxygens (including phenoxy) is 2. The van der Waals surface area contributed by atoms with Crippen LogP contribution in [-0.2, 0) is 11.2 Å². The van der Waals surface area contributed by atoms with Gasteiger partial charge in [-0.3, -0.25) is 10.1 Å². The number of thiazole rings is 1. The number of anilines is 1. The van der Waals surface area contributed by atoms with Crippen molar-refractivity contribution in [3.8, 4) is 22.8 Å². The molecule has 1 N–H and O–H groups in total. The van der Waals surface area contributed by atoms with Gasteiger partial charge >= 0.3 is 0 Å². The normalized spacial score (nSPS) is 10.5. The van der Waals surface area contributed by atoms with E-state index in [0.29, 0.717) is 10.9 Å². The van der Waals surface area contributed by atoms with Crippen LogP contribution in [-0.4, -0.2) is 24.6 Å². The van der Waals surface area contributed by atoms with Gasteiger partial charge in [0.2, 0.25) is 0 Å². The third kappa shape index (κ3) is 5.08. The fourth-order valence-corrected chi connectivity index (χ4v) is 3.69. The highest BCUT2D eigenvalue weighted by Crippen LogP contribution is 2.32. The van der Waals surface area contributed by atoms with Crippen molar-refractivity contribution in [2.45, 2.75) is 13.3 Å². The van der Waals surface area contributed by atoms with Crippen LogP contribution in [0.3, 0.4) is 0 Å². The summed E-state index contributed by atoms with van der Waals surface area (Å²) in [6.07, 6.45) is 0.970. The fraction of sp³-hybridized carbons (Fsp3) is 0.200. The Morgan fingerprint density at radius 2 is 2.00 bits per heavy atom. The molecule has 7 heteroatoms. The van der Waals surface area contributed by atoms with Crippen molar-refractivity contribution < 1.29 is 14.3 Å². The molecule has 0 radical (unpaired) electrons. The molecule has 5 nitrogen and oxygen atoms in total. The summed E-state index contributed by atoms with van der Waals surface area (Å²) in [5.41, 5.74) is 2.95. The second-order valence-electron chi connectivity index (χ2n) is 5.72. The highest BCUT2D eigenvalue weighted by molar-refractivity contribution is 9.10. The largest absolute Gasteiger partial charge is 0.496 e. The first-order valence-corrected chi connectivity index (χ1v) is 10.1. The van der Waals surface area contributed by atoms with E-state index in [9.17, 15) is 4.79 Å². The average Bonchev–Trinajstić information content (AvgIpc) is 3.15. The Kier molecular flexibility index (Phi) is 6.47. The van der Waals surface area contributed by atoms with E-state index in [-0.39, 0.29) is 12.5 Å². The molecule has 0 bridgehead atoms. The molecule has 27 heavy (non-hydrogen) atoms. The molecule has 1 amide bonds. The first kappa shape index (κ1) is 19.4. The van der Waals surface area contributed by atoms with Crippen molar-refractivity contribution in [3.05, 3.63) is 57.9 Å². The quantitative estimate of drug-likeness (QED) is 0.544. The SMILES string of the molecule is CCc1ccc(OCC(=O)Nc2nc(-c3ccc(OC)c(Br)c3)cs2)cc1. The van der Waals surface area contributed by atoms with Crippen LogP contribution in [0.4, 0.5) is 5.13 Å². The molecule has 0 aliphatic heterocycles. The minimum absolute atomic E-state index is 0.0610. The van der Waals surface area contributed by atoms with Crippen LogP contribution >= 0.6 is 27.3 Å². The van der Waals surface area contributed by atoms with Crippen molar-refractivity contribution >= 4 is 38.3 Å². The number of hydrogen-bond acceptors (Lipinski definition) is 5. The Balaban J connectivity index is 1.58. The smallest absolute Gasteiger partial charge is 0.264 e. The maximum absolute atomic E-state index is 12.1. The molecule has 3 rings (SSSR count). The Morgan fingerprint density at radius 1 is 1.22 bits per heavy atom. The summed E-state index contributed by atoms with van der Waals surface area (Å²) in [6.45, 7) is 2.03. The molecule has 0 atom stereocenters. The van der Waals surface area contributed by atoms with Gasteiger partial charge in [0.25, 0.3) is 5.91 Å². The fourth-order valence-electron chi connectivity index (χ4n) is 2.42. The van der Waals surface area contributed by atoms with E-state index in [2.05, 4.69) is 33.2 Å². The number of aryl methyl sites for hydroxylation is 1. The highest BCUT2D eigenvalue weighted by atomic mass is 79.9. The maximum atomic E-state index is 12.1. The van der Waals surface area contributed by atoms with Crippen LogP contribution in [0.15, 0.2) is 52.3 Å². The predicted octanol–water partition coefficient (Wildman–Crippen LogP) is 5.16. The van der Waals surface area contributed by atoms with Gasteiger partial charge in [0.15, 0.2) is 11.7 Å². The number of benzene rings is 2. The summed E-state index contributed by atoms with van der Waals surface area (Å²) in [7, 11) is 1.62. The summed E-state index contributed by atoms with van der Waals surface area (Å²) >= 11 is 4.84. The number of carbonyl (C=O) groups excluding carboxylic acids is 1. The van der Waals surface area contributed by atoms with Crippen LogP contribution < -0.4 is 14.8 Å². The number of rotatable bonds is 7. The third-order valence-electron chi connectivity index (χ3n) is 3.90. The number of nitrogens with zero attached hydrogens (tertiary/aromatic N) is 1. The topological polar surface area (TPSA) is 60.5 Å². The van der Waals surface area contributed by atoms with Crippen molar-refractivity contribution in [2.24, 2.45) is 0 Å². The van der Waals surface area contributed by atoms with Crippen LogP contribution in [0, 0.1) is 0 Å². The van der Waals surface area contributed by atoms with Gasteiger partial charge in [-0.1, -0.05) is 19.1 Å². The molecule has 0 aliphatic rings. The van der Waals surface area contributed by atoms with Gasteiger partial charge in [-0.25, -0.2) is 4.98 Å². The molecule has 0 aliphatic carbocycles. The van der Waals surface area contributed by atoms with Gasteiger partial charge in [-0.15, -0.1) is 11.3 Å². The lowest BCUT2D eigenvalue weighted by atomic mass is 10.2. The second kappa shape index (κ2) is 9.01. The van der Waals surface area contributed by atoms with E-state index in [1.165, 1.54) is 16.9 Å². The molecule has 0 saturated heterocycles. The number of hydrogen-bond donors (Lipinski definition) is 1. The number of amides is 1. The third-order valence-corrected chi connectivity index (χ3v) is 5.28. The van der Waals surface area contributed by atoms with Crippen molar-refractivity contribution in [1.29, 1.82) is 0 Å². The molecule has 0 unspecified atom stereocenters. The minimum Gasteiger partial charge on any atom is -0.496 e. The zero-order valence-electron chi connectivity index (χ0n) is 15.0. The minimum atomic E-state index is -0.244. The monoisotopic (exact) mass is 446 g/mol. The van der Waals surface area contributed by atoms with E-state index >= 15 is 0 Å². The van der Waals surface area contributed by atoms with E-state index in [4.69, 9.17) is 9.47 Å². The van der Waals surface area contributed by atoms with Crippen LogP contribution in [0.25, 0.3) is 11.3 Å². The lowest BCUT2D eigenvalue weighted by molar-refractivity contribution is -0.118. The number of carbonyl (C=O) groups is 1. The zero-order valence-corrected chi connectivity index (χ0v) is 17.4. The number of halogens is 1. The van der Waals surface area contributed by atoms with Crippen LogP contribution in [0.5, 0.6) is 11.5 Å². The van der Waals surface area contributed by atoms with E-state index in [0.717, 1.165) is 27.9 Å². The summed E-state index contributed by atoms with van der Waals surface area (Å²) in [5.74, 6) is 1.18. The van der Waals surface area contributed by atoms with Gasteiger partial charge in [-0.05, 0) is 58.2 Å². The summed E-state index contributed by atoms with van der Waals surface area (Å²) in [6, 6.07) is 13.5. The van der Waals surface area contributed by atoms with Gasteiger partial charge in [0.1, 0.15) is 11.5 Å². The summed E-state index contributed by atoms with van der Waals surface area (Å²) in [5, 5.41) is 5.20. The lowest BCUT2D eigenvalue weighted by Crippen LogP contribution is -2.20. The van der Waals surface area contributed by atoms with Crippen LogP contribution in [0.1, 0.15) is 12.5 Å². The van der Waals surface area contributed by atoms with Crippen LogP contribution in [0.2, 0.25) is 0 Å². The Labute approximate surface area is 170 Å². The molecular weight excluding hydrogens is 428 g/mol. The molecule has 3 aromatic rings. The molecule has 2 aromatic carbocycles. The molecule has 1 aromatic heterocycles. The predicted molar refractivity (Wildman–Crippen MR) is 112 cm³/mol. The Morgan fingerprint density at radius 3 is 2.67 bits per heavy atom. The first-order chi connectivity index (χ1) is 13.1. The van der Waals surface area contributed by atoms with Crippen molar-refractivity contribution in [2.75, 3.05) is 19.0 Å². The Hall–Kier alpha value is -2.38. The lowest BCUT2D eigenvalue weighted by Gasteiger charge is -2.06. The zero-order chi connectivity index (χ0) is 19.2. The number of nitrogens with one attached hydrogen (secondary N) is 1. The maximum Gasteiger partial charge on any atom is 0.264 e. The summed E-state index contributed by atoms with van der Waals surface area (Å²) < 4.78 is 11.6. The summed E-state index contributed by atoms with van der Waals surface area (Å²) in [4.78, 5) is 16.6. The molecule has 0 spiro atoms. The van der Waals surface area contributed by atoms with Gasteiger partial charge in [0.05, 0.1) is 17.3 Å². The second-order valence-corrected chi connectivity index (χ2v) is 7.43. The average molecular weight is 447 g/mol. The van der Waals surface area contributed by atoms with Gasteiger partial charge in [-0.2, -0.15) is 0 Å². The highest BCUT2D eigenvalue weighted by Gasteiger charge is 2.10. The molecule has 0 fully saturated rings. The first-order valence-electron chi connectivity index (χ1n) is 8.40. The van der Waals surface area contributed by atoms with Crippen molar-refractivity contribution in [3.63, 3.8) is 0 Å². The van der Waals surface area contributed by atoms with E-state index < -0.39 is 0 Å². The number of methoxy groups -OCH3 is 1. The molecule has 140 valence electrons. The number of aromatic nitrogens is 1. The molecular formula is C20H19BrN2O3S. The van der Waals surface area contributed by atoms with E-state index in [1.54, 1.807) is 7.11 Å².